The molecule has 0 saturated carbocycles. The quantitative estimate of drug-likeness (QED) is 0.598. The van der Waals surface area contributed by atoms with Gasteiger partial charge in [-0.25, -0.2) is 18.2 Å². The highest BCUT2D eigenvalue weighted by Gasteiger charge is 2.27. The molecule has 12 heteroatoms. The fourth-order valence-corrected chi connectivity index (χ4v) is 5.40. The summed E-state index contributed by atoms with van der Waals surface area (Å²) in [6.45, 7) is 6.14. The minimum atomic E-state index is -3.62. The molecule has 2 aromatic rings. The van der Waals surface area contributed by atoms with E-state index in [1.807, 2.05) is 11.5 Å². The Balaban J connectivity index is 1.80. The molecule has 0 unspecified atom stereocenters. The van der Waals surface area contributed by atoms with E-state index in [0.717, 1.165) is 5.52 Å². The number of morpholine rings is 1. The lowest BCUT2D eigenvalue weighted by Gasteiger charge is -2.26. The summed E-state index contributed by atoms with van der Waals surface area (Å²) in [5.74, 6) is -0.421. The number of ether oxygens (including phenoxy) is 1. The van der Waals surface area contributed by atoms with E-state index in [1.54, 1.807) is 25.1 Å². The molecule has 1 aliphatic heterocycles. The second-order valence-electron chi connectivity index (χ2n) is 6.50. The zero-order valence-corrected chi connectivity index (χ0v) is 18.5. The van der Waals surface area contributed by atoms with Crippen LogP contribution in [0.5, 0.6) is 0 Å². The maximum atomic E-state index is 12.9. The molecule has 0 atom stereocenters. The number of sulfonamides is 1. The largest absolute Gasteiger partial charge is 0.379 e. The van der Waals surface area contributed by atoms with Crippen LogP contribution in [0.4, 0.5) is 4.79 Å². The predicted molar refractivity (Wildman–Crippen MR) is 113 cm³/mol. The average molecular weight is 456 g/mol. The van der Waals surface area contributed by atoms with Crippen LogP contribution in [-0.4, -0.2) is 72.8 Å². The van der Waals surface area contributed by atoms with Gasteiger partial charge in [0, 0.05) is 26.2 Å². The molecule has 2 heterocycles. The van der Waals surface area contributed by atoms with Crippen molar-refractivity contribution in [3.8, 4) is 0 Å². The molecule has 164 valence electrons. The second kappa shape index (κ2) is 9.77. The van der Waals surface area contributed by atoms with E-state index < -0.39 is 22.0 Å². The Labute approximate surface area is 179 Å². The van der Waals surface area contributed by atoms with Gasteiger partial charge in [-0.2, -0.15) is 4.31 Å². The van der Waals surface area contributed by atoms with Gasteiger partial charge in [-0.15, -0.1) is 0 Å². The molecular weight excluding hydrogens is 430 g/mol. The van der Waals surface area contributed by atoms with Crippen LogP contribution in [0.1, 0.15) is 13.8 Å². The van der Waals surface area contributed by atoms with Gasteiger partial charge < -0.3 is 14.6 Å². The monoisotopic (exact) mass is 455 g/mol. The molecule has 0 bridgehead atoms. The van der Waals surface area contributed by atoms with E-state index in [-0.39, 0.29) is 10.6 Å². The van der Waals surface area contributed by atoms with Crippen LogP contribution >= 0.6 is 11.8 Å². The average Bonchev–Trinajstić information content (AvgIpc) is 3.09. The van der Waals surface area contributed by atoms with Gasteiger partial charge in [0.25, 0.3) is 0 Å². The molecule has 2 N–H and O–H groups in total. The first-order valence-corrected chi connectivity index (χ1v) is 12.1. The third kappa shape index (κ3) is 4.94. The van der Waals surface area contributed by atoms with Gasteiger partial charge in [0.05, 0.1) is 34.9 Å². The lowest BCUT2D eigenvalue weighted by Crippen LogP contribution is -2.40. The molecular formula is C18H25N5O5S2. The number of imide groups is 1. The maximum absolute atomic E-state index is 12.9. The molecule has 3 rings (SSSR count). The maximum Gasteiger partial charge on any atom is 0.321 e. The third-order valence-electron chi connectivity index (χ3n) is 4.53. The number of carbonyl (C=O) groups excluding carboxylic acids is 2. The van der Waals surface area contributed by atoms with Crippen LogP contribution in [0.3, 0.4) is 0 Å². The summed E-state index contributed by atoms with van der Waals surface area (Å²) in [5, 5.41) is 5.32. The van der Waals surface area contributed by atoms with Gasteiger partial charge >= 0.3 is 6.03 Å². The zero-order chi connectivity index (χ0) is 21.7. The highest BCUT2D eigenvalue weighted by molar-refractivity contribution is 7.99. The standard InChI is InChI=1S/C18H25N5O5S2/c1-3-19-17(25)21-16(24)12-29-18-20-14-11-13(5-6-15(14)23(18)4-2)30(26,27)22-7-9-28-10-8-22/h5-6,11H,3-4,7-10,12H2,1-2H3,(H2,19,21,24,25). The van der Waals surface area contributed by atoms with E-state index in [4.69, 9.17) is 4.74 Å². The van der Waals surface area contributed by atoms with Crippen molar-refractivity contribution in [3.05, 3.63) is 18.2 Å². The molecule has 1 fully saturated rings. The normalized spacial score (nSPS) is 15.3. The minimum absolute atomic E-state index is 0.0133. The first-order chi connectivity index (χ1) is 14.4. The molecule has 1 aliphatic rings. The Bertz CT molecular complexity index is 1030. The summed E-state index contributed by atoms with van der Waals surface area (Å²) in [4.78, 5) is 28.1. The van der Waals surface area contributed by atoms with Crippen LogP contribution < -0.4 is 10.6 Å². The molecule has 1 aromatic carbocycles. The van der Waals surface area contributed by atoms with Gasteiger partial charge in [-0.05, 0) is 32.0 Å². The molecule has 30 heavy (non-hydrogen) atoms. The second-order valence-corrected chi connectivity index (χ2v) is 9.38. The number of rotatable bonds is 7. The lowest BCUT2D eigenvalue weighted by molar-refractivity contribution is -0.117. The summed E-state index contributed by atoms with van der Waals surface area (Å²) in [7, 11) is -3.62. The van der Waals surface area contributed by atoms with Crippen molar-refractivity contribution in [3.63, 3.8) is 0 Å². The van der Waals surface area contributed by atoms with Gasteiger partial charge in [0.1, 0.15) is 0 Å². The Kier molecular flexibility index (Phi) is 7.34. The number of urea groups is 1. The van der Waals surface area contributed by atoms with E-state index in [1.165, 1.54) is 16.1 Å². The summed E-state index contributed by atoms with van der Waals surface area (Å²) in [5.41, 5.74) is 1.32. The number of hydrogen-bond acceptors (Lipinski definition) is 7. The van der Waals surface area contributed by atoms with E-state index in [2.05, 4.69) is 15.6 Å². The molecule has 3 amide bonds. The Hall–Kier alpha value is -2.15. The van der Waals surface area contributed by atoms with Crippen molar-refractivity contribution in [2.75, 3.05) is 38.6 Å². The highest BCUT2D eigenvalue weighted by Crippen LogP contribution is 2.27. The van der Waals surface area contributed by atoms with Crippen molar-refractivity contribution >= 4 is 44.8 Å². The third-order valence-corrected chi connectivity index (χ3v) is 7.40. The van der Waals surface area contributed by atoms with Crippen molar-refractivity contribution in [2.45, 2.75) is 30.4 Å². The number of nitrogens with one attached hydrogen (secondary N) is 2. The van der Waals surface area contributed by atoms with E-state index in [9.17, 15) is 18.0 Å². The molecule has 0 radical (unpaired) electrons. The molecule has 1 aromatic heterocycles. The van der Waals surface area contributed by atoms with E-state index in [0.29, 0.717) is 50.1 Å². The Morgan fingerprint density at radius 1 is 1.23 bits per heavy atom. The summed E-state index contributed by atoms with van der Waals surface area (Å²) in [6.07, 6.45) is 0. The lowest BCUT2D eigenvalue weighted by atomic mass is 10.3. The number of fused-ring (bicyclic) bond motifs is 1. The van der Waals surface area contributed by atoms with Gasteiger partial charge in [-0.1, -0.05) is 11.8 Å². The first kappa shape index (κ1) is 22.5. The van der Waals surface area contributed by atoms with Crippen molar-refractivity contribution in [1.29, 1.82) is 0 Å². The number of imidazole rings is 1. The van der Waals surface area contributed by atoms with Crippen LogP contribution in [0.15, 0.2) is 28.3 Å². The SMILES string of the molecule is CCNC(=O)NC(=O)CSc1nc2cc(S(=O)(=O)N3CCOCC3)ccc2n1CC. The summed E-state index contributed by atoms with van der Waals surface area (Å²) in [6, 6.07) is 4.34. The van der Waals surface area contributed by atoms with Crippen molar-refractivity contribution in [1.82, 2.24) is 24.5 Å². The molecule has 0 aliphatic carbocycles. The van der Waals surface area contributed by atoms with Crippen molar-refractivity contribution < 1.29 is 22.7 Å². The molecule has 0 spiro atoms. The first-order valence-electron chi connectivity index (χ1n) is 9.65. The zero-order valence-electron chi connectivity index (χ0n) is 16.9. The fraction of sp³-hybridized carbons (Fsp3) is 0.500. The van der Waals surface area contributed by atoms with Gasteiger partial charge in [0.15, 0.2) is 5.16 Å². The summed E-state index contributed by atoms with van der Waals surface area (Å²) >= 11 is 1.19. The van der Waals surface area contributed by atoms with Gasteiger partial charge in [-0.3, -0.25) is 10.1 Å². The van der Waals surface area contributed by atoms with Crippen LogP contribution in [-0.2, 0) is 26.1 Å². The topological polar surface area (TPSA) is 123 Å². The van der Waals surface area contributed by atoms with Crippen molar-refractivity contribution in [2.24, 2.45) is 0 Å². The van der Waals surface area contributed by atoms with E-state index >= 15 is 0 Å². The number of nitrogens with zero attached hydrogens (tertiary/aromatic N) is 3. The Morgan fingerprint density at radius 3 is 2.63 bits per heavy atom. The summed E-state index contributed by atoms with van der Waals surface area (Å²) < 4.78 is 34.4. The smallest absolute Gasteiger partial charge is 0.321 e. The predicted octanol–water partition coefficient (Wildman–Crippen LogP) is 1.01. The highest BCUT2D eigenvalue weighted by atomic mass is 32.2. The number of aromatic nitrogens is 2. The number of carbonyl (C=O) groups is 2. The fourth-order valence-electron chi connectivity index (χ4n) is 3.10. The number of amides is 3. The van der Waals surface area contributed by atoms with Crippen LogP contribution in [0.25, 0.3) is 11.0 Å². The van der Waals surface area contributed by atoms with Crippen LogP contribution in [0, 0.1) is 0 Å². The van der Waals surface area contributed by atoms with Gasteiger partial charge in [0.2, 0.25) is 15.9 Å². The molecule has 1 saturated heterocycles. The number of benzene rings is 1. The Morgan fingerprint density at radius 2 is 1.97 bits per heavy atom. The van der Waals surface area contributed by atoms with Crippen LogP contribution in [0.2, 0.25) is 0 Å². The number of aryl methyl sites for hydroxylation is 1. The number of thioether (sulfide) groups is 1. The molecule has 10 nitrogen and oxygen atoms in total. The minimum Gasteiger partial charge on any atom is -0.379 e. The number of hydrogen-bond donors (Lipinski definition) is 2.